The van der Waals surface area contributed by atoms with Crippen molar-refractivity contribution in [2.75, 3.05) is 6.61 Å². The second kappa shape index (κ2) is 6.59. The molecule has 0 unspecified atom stereocenters. The van der Waals surface area contributed by atoms with Gasteiger partial charge in [0.15, 0.2) is 12.4 Å². The van der Waals surface area contributed by atoms with Crippen molar-refractivity contribution in [1.82, 2.24) is 0 Å². The highest BCUT2D eigenvalue weighted by molar-refractivity contribution is 7.46. The molecule has 4 atom stereocenters. The molecule has 0 saturated heterocycles. The maximum atomic E-state index is 13.0. The molecule has 0 heterocycles. The third-order valence-corrected chi connectivity index (χ3v) is 2.30. The number of rotatable bonds is 8. The number of phosphoric acid groups is 1. The van der Waals surface area contributed by atoms with Gasteiger partial charge in [0.25, 0.3) is 0 Å². The van der Waals surface area contributed by atoms with E-state index in [0.29, 0.717) is 0 Å². The predicted octanol–water partition coefficient (Wildman–Crippen LogP) is -2.06. The van der Waals surface area contributed by atoms with E-state index in [-0.39, 0.29) is 0 Å². The first-order valence-electron chi connectivity index (χ1n) is 4.26. The zero-order valence-corrected chi connectivity index (χ0v) is 9.48. The molecule has 108 valence electrons. The van der Waals surface area contributed by atoms with E-state index in [1.54, 1.807) is 0 Å². The Labute approximate surface area is 98.7 Å². The minimum absolute atomic E-state index is 0.808. The highest BCUT2D eigenvalue weighted by Crippen LogP contribution is 2.36. The van der Waals surface area contributed by atoms with Gasteiger partial charge in [0.05, 0.1) is 6.61 Å². The van der Waals surface area contributed by atoms with Crippen LogP contribution in [0.15, 0.2) is 0 Å². The summed E-state index contributed by atoms with van der Waals surface area (Å²) in [5.74, 6) is -3.93. The Morgan fingerprint density at radius 3 is 2.17 bits per heavy atom. The van der Waals surface area contributed by atoms with Gasteiger partial charge in [0, 0.05) is 0 Å². The van der Waals surface area contributed by atoms with Crippen molar-refractivity contribution >= 4 is 14.1 Å². The largest absolute Gasteiger partial charge is 0.469 e. The molecule has 0 rings (SSSR count). The van der Waals surface area contributed by atoms with Crippen molar-refractivity contribution in [1.29, 1.82) is 0 Å². The number of alkyl halides is 1. The predicted molar refractivity (Wildman–Crippen MR) is 48.1 cm³/mol. The van der Waals surface area contributed by atoms with Crippen LogP contribution in [0.3, 0.4) is 0 Å². The van der Waals surface area contributed by atoms with Crippen LogP contribution in [0.25, 0.3) is 0 Å². The zero-order chi connectivity index (χ0) is 14.6. The molecular formula is C6H11F2O9P. The number of hydrogen-bond acceptors (Lipinski definition) is 7. The number of phosphoric ester groups is 1. The molecule has 5 N–H and O–H groups in total. The number of halogens is 2. The lowest BCUT2D eigenvalue weighted by Gasteiger charge is -2.27. The third kappa shape index (κ3) is 5.00. The van der Waals surface area contributed by atoms with Gasteiger partial charge in [-0.15, -0.1) is 4.94 Å². The molecule has 0 aliphatic heterocycles. The Hall–Kier alpha value is -0.520. The first-order valence-corrected chi connectivity index (χ1v) is 5.79. The lowest BCUT2D eigenvalue weighted by molar-refractivity contribution is -0.316. The van der Waals surface area contributed by atoms with Gasteiger partial charge in [-0.3, -0.25) is 9.32 Å². The summed E-state index contributed by atoms with van der Waals surface area (Å²) in [6, 6.07) is 0. The quantitative estimate of drug-likeness (QED) is 0.251. The van der Waals surface area contributed by atoms with Crippen LogP contribution in [0, 0.1) is 0 Å². The number of hydrogen-bond donors (Lipinski definition) is 5. The Balaban J connectivity index is 4.58. The van der Waals surface area contributed by atoms with Crippen molar-refractivity contribution in [3.63, 3.8) is 0 Å². The fraction of sp³-hybridized carbons (Fsp3) is 0.833. The summed E-state index contributed by atoms with van der Waals surface area (Å²) in [7, 11) is -4.97. The summed E-state index contributed by atoms with van der Waals surface area (Å²) in [4.78, 5) is 29.1. The second-order valence-electron chi connectivity index (χ2n) is 3.18. The van der Waals surface area contributed by atoms with Crippen LogP contribution in [0.2, 0.25) is 0 Å². The lowest BCUT2D eigenvalue weighted by Crippen LogP contribution is -2.52. The van der Waals surface area contributed by atoms with Crippen LogP contribution in [0.1, 0.15) is 0 Å². The number of carbonyl (C=O) groups excluding carboxylic acids is 1. The van der Waals surface area contributed by atoms with Gasteiger partial charge >= 0.3 is 13.7 Å². The van der Waals surface area contributed by atoms with Crippen molar-refractivity contribution in [2.24, 2.45) is 0 Å². The van der Waals surface area contributed by atoms with E-state index in [1.807, 2.05) is 0 Å². The molecule has 0 aromatic rings. The Morgan fingerprint density at radius 2 is 1.83 bits per heavy atom. The van der Waals surface area contributed by atoms with Gasteiger partial charge in [0.1, 0.15) is 12.2 Å². The molecular weight excluding hydrogens is 285 g/mol. The topological polar surface area (TPSA) is 154 Å². The van der Waals surface area contributed by atoms with Gasteiger partial charge in [-0.1, -0.05) is 0 Å². The fourth-order valence-corrected chi connectivity index (χ4v) is 1.20. The highest BCUT2D eigenvalue weighted by Gasteiger charge is 2.47. The molecule has 0 saturated carbocycles. The molecule has 0 aromatic carbocycles. The van der Waals surface area contributed by atoms with Crippen LogP contribution < -0.4 is 0 Å². The van der Waals surface area contributed by atoms with E-state index in [0.717, 1.165) is 0 Å². The van der Waals surface area contributed by atoms with Gasteiger partial charge in [0.2, 0.25) is 0 Å². The number of aliphatic hydroxyl groups excluding tert-OH is 3. The maximum Gasteiger partial charge on any atom is 0.469 e. The van der Waals surface area contributed by atoms with Gasteiger partial charge in [-0.25, -0.2) is 4.57 Å². The standard InChI is InChI=1S/C6H11F2O9P/c7-6(2-9,17-8)5(12)4(11)3(10)1-16-18(13,14)15/h2-5,10-12H,1H2,(H2,13,14,15)/t3-,4-,5+,6-/m1/s1. The third-order valence-electron chi connectivity index (χ3n) is 1.81. The van der Waals surface area contributed by atoms with Gasteiger partial charge < -0.3 is 25.1 Å². The summed E-state index contributed by atoms with van der Waals surface area (Å²) in [6.07, 6.45) is -8.35. The van der Waals surface area contributed by atoms with Crippen molar-refractivity contribution in [3.05, 3.63) is 0 Å². The molecule has 0 spiro atoms. The minimum atomic E-state index is -4.97. The summed E-state index contributed by atoms with van der Waals surface area (Å²) in [5.41, 5.74) is 0. The van der Waals surface area contributed by atoms with Crippen molar-refractivity contribution in [2.45, 2.75) is 24.2 Å². The number of aliphatic hydroxyl groups is 3. The van der Waals surface area contributed by atoms with Crippen LogP contribution in [-0.4, -0.2) is 62.2 Å². The van der Waals surface area contributed by atoms with E-state index in [4.69, 9.17) is 25.1 Å². The molecule has 0 fully saturated rings. The lowest BCUT2D eigenvalue weighted by atomic mass is 10.0. The van der Waals surface area contributed by atoms with E-state index < -0.39 is 44.9 Å². The van der Waals surface area contributed by atoms with E-state index in [1.165, 1.54) is 0 Å². The van der Waals surface area contributed by atoms with Crippen molar-refractivity contribution in [3.8, 4) is 0 Å². The Bertz CT molecular complexity index is 322. The number of carbonyl (C=O) groups is 1. The molecule has 0 aliphatic rings. The molecule has 9 nitrogen and oxygen atoms in total. The van der Waals surface area contributed by atoms with Crippen molar-refractivity contribution < 1.29 is 52.8 Å². The molecule has 0 aliphatic carbocycles. The summed E-state index contributed by atoms with van der Waals surface area (Å²) in [5, 5.41) is 27.2. The molecule has 12 heteroatoms. The summed E-state index contributed by atoms with van der Waals surface area (Å²) < 4.78 is 38.7. The van der Waals surface area contributed by atoms with Crippen LogP contribution in [-0.2, 0) is 18.8 Å². The smallest absolute Gasteiger partial charge is 0.388 e. The molecule has 0 bridgehead atoms. The van der Waals surface area contributed by atoms with E-state index in [2.05, 4.69) is 9.47 Å². The Kier molecular flexibility index (Phi) is 6.40. The minimum Gasteiger partial charge on any atom is -0.388 e. The molecule has 18 heavy (non-hydrogen) atoms. The Morgan fingerprint density at radius 1 is 1.33 bits per heavy atom. The average Bonchev–Trinajstić information content (AvgIpc) is 2.32. The fourth-order valence-electron chi connectivity index (χ4n) is 0.849. The first-order chi connectivity index (χ1) is 8.07. The highest BCUT2D eigenvalue weighted by atomic mass is 31.2. The molecule has 0 radical (unpaired) electrons. The zero-order valence-electron chi connectivity index (χ0n) is 8.59. The first kappa shape index (κ1) is 17.5. The van der Waals surface area contributed by atoms with E-state index >= 15 is 0 Å². The van der Waals surface area contributed by atoms with Crippen LogP contribution in [0.4, 0.5) is 8.92 Å². The average molecular weight is 296 g/mol. The summed E-state index contributed by atoms with van der Waals surface area (Å²) >= 11 is 0. The van der Waals surface area contributed by atoms with E-state index in [9.17, 15) is 18.3 Å². The van der Waals surface area contributed by atoms with Crippen LogP contribution >= 0.6 is 7.82 Å². The maximum absolute atomic E-state index is 13.0. The SMILES string of the molecule is O=C[C@@](F)(OF)[C@@H](O)[C@H](O)[C@H](O)COP(=O)(O)O. The second-order valence-corrected chi connectivity index (χ2v) is 4.42. The van der Waals surface area contributed by atoms with Gasteiger partial charge in [-0.2, -0.15) is 4.39 Å². The van der Waals surface area contributed by atoms with Crippen LogP contribution in [0.5, 0.6) is 0 Å². The molecule has 0 amide bonds. The number of aldehydes is 1. The normalized spacial score (nSPS) is 20.8. The monoisotopic (exact) mass is 296 g/mol. The summed E-state index contributed by atoms with van der Waals surface area (Å²) in [6.45, 7) is -1.20. The molecule has 0 aromatic heterocycles. The van der Waals surface area contributed by atoms with Gasteiger partial charge in [-0.05, 0) is 4.53 Å².